The van der Waals surface area contributed by atoms with Crippen molar-refractivity contribution in [3.8, 4) is 0 Å². The predicted octanol–water partition coefficient (Wildman–Crippen LogP) is 4.92. The molecule has 1 atom stereocenters. The number of thiazole rings is 1. The Bertz CT molecular complexity index is 958. The zero-order valence-corrected chi connectivity index (χ0v) is 18.1. The number of para-hydroxylation sites is 1. The molecule has 1 fully saturated rings. The molecule has 6 heteroatoms. The molecule has 0 saturated carbocycles. The summed E-state index contributed by atoms with van der Waals surface area (Å²) in [5.74, 6) is 2.25. The van der Waals surface area contributed by atoms with Crippen LogP contribution in [0.5, 0.6) is 0 Å². The smallest absolute Gasteiger partial charge is 0.231 e. The first-order chi connectivity index (χ1) is 14.2. The zero-order chi connectivity index (χ0) is 20.1. The van der Waals surface area contributed by atoms with E-state index in [1.165, 1.54) is 5.56 Å². The number of thioether (sulfide) groups is 1. The van der Waals surface area contributed by atoms with Gasteiger partial charge in [0.15, 0.2) is 0 Å². The molecule has 3 aromatic rings. The molecule has 4 rings (SSSR count). The van der Waals surface area contributed by atoms with E-state index in [1.54, 1.807) is 11.3 Å². The van der Waals surface area contributed by atoms with Crippen LogP contribution >= 0.6 is 23.1 Å². The number of amides is 1. The third-order valence-electron chi connectivity index (χ3n) is 5.12. The van der Waals surface area contributed by atoms with E-state index in [1.807, 2.05) is 43.0 Å². The molecule has 4 nitrogen and oxygen atoms in total. The number of aromatic nitrogens is 1. The summed E-state index contributed by atoms with van der Waals surface area (Å²) in [6.45, 7) is 3.89. The number of nitrogens with one attached hydrogen (secondary N) is 1. The SMILES string of the molecule is Cc1ccccc1NC(=O)Cc1nc(CN2CCSC[C@@H]2c2ccccc2)cs1. The van der Waals surface area contributed by atoms with Crippen LogP contribution < -0.4 is 5.32 Å². The minimum atomic E-state index is -0.0169. The molecule has 1 aromatic heterocycles. The Hall–Kier alpha value is -2.15. The van der Waals surface area contributed by atoms with Gasteiger partial charge in [0, 0.05) is 41.7 Å². The second kappa shape index (κ2) is 9.57. The largest absolute Gasteiger partial charge is 0.325 e. The molecule has 1 N–H and O–H groups in total. The maximum atomic E-state index is 12.4. The van der Waals surface area contributed by atoms with Crippen LogP contribution in [0, 0.1) is 6.92 Å². The van der Waals surface area contributed by atoms with Crippen molar-refractivity contribution in [3.05, 3.63) is 81.8 Å². The van der Waals surface area contributed by atoms with Gasteiger partial charge < -0.3 is 5.32 Å². The Balaban J connectivity index is 1.38. The number of carbonyl (C=O) groups is 1. The summed E-state index contributed by atoms with van der Waals surface area (Å²) < 4.78 is 0. The van der Waals surface area contributed by atoms with Crippen molar-refractivity contribution in [3.63, 3.8) is 0 Å². The van der Waals surface area contributed by atoms with Gasteiger partial charge in [0.2, 0.25) is 5.91 Å². The lowest BCUT2D eigenvalue weighted by molar-refractivity contribution is -0.115. The third kappa shape index (κ3) is 5.26. The van der Waals surface area contributed by atoms with Crippen molar-refractivity contribution in [2.24, 2.45) is 0 Å². The summed E-state index contributed by atoms with van der Waals surface area (Å²) in [6.07, 6.45) is 0.316. The van der Waals surface area contributed by atoms with Crippen molar-refractivity contribution < 1.29 is 4.79 Å². The third-order valence-corrected chi connectivity index (χ3v) is 7.04. The van der Waals surface area contributed by atoms with E-state index < -0.39 is 0 Å². The normalized spacial score (nSPS) is 17.2. The Kier molecular flexibility index (Phi) is 6.64. The first kappa shape index (κ1) is 20.1. The molecular weight excluding hydrogens is 398 g/mol. The lowest BCUT2D eigenvalue weighted by Gasteiger charge is -2.35. The van der Waals surface area contributed by atoms with E-state index in [9.17, 15) is 4.79 Å². The predicted molar refractivity (Wildman–Crippen MR) is 123 cm³/mol. The maximum absolute atomic E-state index is 12.4. The van der Waals surface area contributed by atoms with Gasteiger partial charge >= 0.3 is 0 Å². The number of aryl methyl sites for hydroxylation is 1. The number of rotatable bonds is 6. The number of carbonyl (C=O) groups excluding carboxylic acids is 1. The van der Waals surface area contributed by atoms with Gasteiger partial charge in [-0.2, -0.15) is 11.8 Å². The van der Waals surface area contributed by atoms with Crippen LogP contribution in [-0.4, -0.2) is 33.8 Å². The van der Waals surface area contributed by atoms with Crippen molar-refractivity contribution in [1.29, 1.82) is 0 Å². The number of hydrogen-bond donors (Lipinski definition) is 1. The Labute approximate surface area is 180 Å². The number of hydrogen-bond acceptors (Lipinski definition) is 5. The zero-order valence-electron chi connectivity index (χ0n) is 16.5. The van der Waals surface area contributed by atoms with Crippen molar-refractivity contribution in [2.45, 2.75) is 25.9 Å². The highest BCUT2D eigenvalue weighted by atomic mass is 32.2. The van der Waals surface area contributed by atoms with Crippen LogP contribution in [0.4, 0.5) is 5.69 Å². The van der Waals surface area contributed by atoms with Crippen molar-refractivity contribution >= 4 is 34.7 Å². The second-order valence-electron chi connectivity index (χ2n) is 7.24. The van der Waals surface area contributed by atoms with Crippen LogP contribution in [0.25, 0.3) is 0 Å². The Morgan fingerprint density at radius 1 is 1.17 bits per heavy atom. The lowest BCUT2D eigenvalue weighted by atomic mass is 10.1. The highest BCUT2D eigenvalue weighted by Gasteiger charge is 2.25. The second-order valence-corrected chi connectivity index (χ2v) is 9.34. The number of benzene rings is 2. The van der Waals surface area contributed by atoms with Gasteiger partial charge in [-0.25, -0.2) is 4.98 Å². The molecule has 0 radical (unpaired) electrons. The van der Waals surface area contributed by atoms with Gasteiger partial charge in [0.05, 0.1) is 12.1 Å². The molecular formula is C23H25N3OS2. The molecule has 1 amide bonds. The van der Waals surface area contributed by atoms with Crippen molar-refractivity contribution in [1.82, 2.24) is 9.88 Å². The quantitative estimate of drug-likeness (QED) is 0.611. The highest BCUT2D eigenvalue weighted by molar-refractivity contribution is 7.99. The summed E-state index contributed by atoms with van der Waals surface area (Å²) in [7, 11) is 0. The molecule has 0 bridgehead atoms. The standard InChI is InChI=1S/C23H25N3OS2/c1-17-7-5-6-10-20(17)25-22(27)13-23-24-19(15-29-23)14-26-11-12-28-16-21(26)18-8-3-2-4-9-18/h2-10,15,21H,11-14,16H2,1H3,(H,25,27)/t21-/m1/s1. The van der Waals surface area contributed by atoms with Crippen LogP contribution in [-0.2, 0) is 17.8 Å². The minimum absolute atomic E-state index is 0.0169. The number of nitrogens with zero attached hydrogens (tertiary/aromatic N) is 2. The molecule has 1 aliphatic heterocycles. The van der Waals surface area contributed by atoms with E-state index in [-0.39, 0.29) is 5.91 Å². The fourth-order valence-electron chi connectivity index (χ4n) is 3.57. The molecule has 0 aliphatic carbocycles. The number of anilines is 1. The highest BCUT2D eigenvalue weighted by Crippen LogP contribution is 2.31. The van der Waals surface area contributed by atoms with E-state index in [2.05, 4.69) is 45.9 Å². The van der Waals surface area contributed by atoms with E-state index >= 15 is 0 Å². The minimum Gasteiger partial charge on any atom is -0.325 e. The summed E-state index contributed by atoms with van der Waals surface area (Å²) >= 11 is 3.59. The van der Waals surface area contributed by atoms with E-state index in [0.717, 1.165) is 46.5 Å². The van der Waals surface area contributed by atoms with Crippen LogP contribution in [0.2, 0.25) is 0 Å². The van der Waals surface area contributed by atoms with Gasteiger partial charge in [-0.1, -0.05) is 48.5 Å². The van der Waals surface area contributed by atoms with Gasteiger partial charge in [0.25, 0.3) is 0 Å². The lowest BCUT2D eigenvalue weighted by Crippen LogP contribution is -2.35. The fourth-order valence-corrected chi connectivity index (χ4v) is 5.51. The summed E-state index contributed by atoms with van der Waals surface area (Å²) in [5, 5.41) is 5.96. The average molecular weight is 424 g/mol. The Morgan fingerprint density at radius 2 is 1.97 bits per heavy atom. The summed E-state index contributed by atoms with van der Waals surface area (Å²) in [6, 6.07) is 19.0. The van der Waals surface area contributed by atoms with Gasteiger partial charge in [-0.15, -0.1) is 11.3 Å². The van der Waals surface area contributed by atoms with E-state index in [0.29, 0.717) is 12.5 Å². The fraction of sp³-hybridized carbons (Fsp3) is 0.304. The molecule has 150 valence electrons. The monoisotopic (exact) mass is 423 g/mol. The summed E-state index contributed by atoms with van der Waals surface area (Å²) in [4.78, 5) is 19.7. The average Bonchev–Trinajstić information content (AvgIpc) is 3.17. The first-order valence-electron chi connectivity index (χ1n) is 9.84. The molecule has 1 saturated heterocycles. The van der Waals surface area contributed by atoms with Crippen molar-refractivity contribution in [2.75, 3.05) is 23.4 Å². The molecule has 0 unspecified atom stereocenters. The van der Waals surface area contributed by atoms with Gasteiger partial charge in [-0.05, 0) is 24.1 Å². The molecule has 1 aliphatic rings. The van der Waals surface area contributed by atoms with Gasteiger partial charge in [0.1, 0.15) is 5.01 Å². The van der Waals surface area contributed by atoms with Gasteiger partial charge in [-0.3, -0.25) is 9.69 Å². The van der Waals surface area contributed by atoms with E-state index in [4.69, 9.17) is 4.98 Å². The van der Waals surface area contributed by atoms with Crippen LogP contribution in [0.1, 0.15) is 27.9 Å². The van der Waals surface area contributed by atoms with Crippen LogP contribution in [0.15, 0.2) is 60.0 Å². The maximum Gasteiger partial charge on any atom is 0.231 e. The summed E-state index contributed by atoms with van der Waals surface area (Å²) in [5.41, 5.74) is 4.36. The first-order valence-corrected chi connectivity index (χ1v) is 11.9. The van der Waals surface area contributed by atoms with Crippen LogP contribution in [0.3, 0.4) is 0 Å². The topological polar surface area (TPSA) is 45.2 Å². The Morgan fingerprint density at radius 3 is 2.79 bits per heavy atom. The molecule has 29 heavy (non-hydrogen) atoms. The molecule has 0 spiro atoms. The molecule has 2 aromatic carbocycles. The molecule has 2 heterocycles.